The summed E-state index contributed by atoms with van der Waals surface area (Å²) in [6.07, 6.45) is 7.83. The smallest absolute Gasteiger partial charge is 0.0779 e. The lowest BCUT2D eigenvalue weighted by Crippen LogP contribution is -2.44. The van der Waals surface area contributed by atoms with Crippen molar-refractivity contribution in [2.75, 3.05) is 20.3 Å². The topological polar surface area (TPSA) is 30.5 Å². The Bertz CT molecular complexity index is 214. The Labute approximate surface area is 98.9 Å². The predicted molar refractivity (Wildman–Crippen MR) is 64.6 cm³/mol. The second kappa shape index (κ2) is 5.48. The van der Waals surface area contributed by atoms with Crippen molar-refractivity contribution in [1.82, 2.24) is 5.32 Å². The maximum absolute atomic E-state index is 5.79. The molecule has 0 aromatic rings. The normalized spacial score (nSPS) is 40.1. The van der Waals surface area contributed by atoms with Gasteiger partial charge in [-0.2, -0.15) is 0 Å². The summed E-state index contributed by atoms with van der Waals surface area (Å²) in [6, 6.07) is 0.625. The van der Waals surface area contributed by atoms with E-state index in [1.807, 2.05) is 7.11 Å². The molecule has 1 aliphatic heterocycles. The standard InChI is InChI=1S/C13H25NO2/c1-13(7-4-8-16-13)10-14-11-5-3-6-12(9-11)15-2/h11-12,14H,3-10H2,1-2H3. The molecule has 16 heavy (non-hydrogen) atoms. The van der Waals surface area contributed by atoms with Gasteiger partial charge in [0.2, 0.25) is 0 Å². The number of nitrogens with one attached hydrogen (secondary N) is 1. The van der Waals surface area contributed by atoms with Crippen molar-refractivity contribution in [3.8, 4) is 0 Å². The Hall–Kier alpha value is -0.120. The van der Waals surface area contributed by atoms with Crippen LogP contribution in [0.1, 0.15) is 45.4 Å². The molecule has 1 saturated carbocycles. The molecule has 1 saturated heterocycles. The molecule has 2 rings (SSSR count). The molecule has 3 nitrogen and oxygen atoms in total. The van der Waals surface area contributed by atoms with E-state index in [0.717, 1.165) is 19.6 Å². The lowest BCUT2D eigenvalue weighted by Gasteiger charge is -2.32. The summed E-state index contributed by atoms with van der Waals surface area (Å²) in [4.78, 5) is 0. The highest BCUT2D eigenvalue weighted by Crippen LogP contribution is 2.26. The molecular weight excluding hydrogens is 202 g/mol. The number of ether oxygens (including phenoxy) is 2. The van der Waals surface area contributed by atoms with Gasteiger partial charge in [-0.05, 0) is 45.4 Å². The molecule has 1 heterocycles. The largest absolute Gasteiger partial charge is 0.381 e. The summed E-state index contributed by atoms with van der Waals surface area (Å²) in [5.74, 6) is 0. The highest BCUT2D eigenvalue weighted by atomic mass is 16.5. The lowest BCUT2D eigenvalue weighted by molar-refractivity contribution is 0.0118. The first-order valence-electron chi connectivity index (χ1n) is 6.62. The third-order valence-electron chi connectivity index (χ3n) is 4.02. The monoisotopic (exact) mass is 227 g/mol. The van der Waals surface area contributed by atoms with Crippen molar-refractivity contribution in [2.45, 2.75) is 63.2 Å². The number of hydrogen-bond acceptors (Lipinski definition) is 3. The Morgan fingerprint density at radius 3 is 2.94 bits per heavy atom. The SMILES string of the molecule is COC1CCCC(NCC2(C)CCCO2)C1. The van der Waals surface area contributed by atoms with E-state index in [4.69, 9.17) is 9.47 Å². The van der Waals surface area contributed by atoms with E-state index >= 15 is 0 Å². The Balaban J connectivity index is 1.72. The van der Waals surface area contributed by atoms with Gasteiger partial charge in [-0.1, -0.05) is 0 Å². The van der Waals surface area contributed by atoms with Gasteiger partial charge in [-0.15, -0.1) is 0 Å². The van der Waals surface area contributed by atoms with E-state index in [-0.39, 0.29) is 5.60 Å². The zero-order valence-corrected chi connectivity index (χ0v) is 10.6. The van der Waals surface area contributed by atoms with Gasteiger partial charge in [0, 0.05) is 26.3 Å². The van der Waals surface area contributed by atoms with Gasteiger partial charge in [0.15, 0.2) is 0 Å². The molecule has 2 fully saturated rings. The molecule has 0 aromatic carbocycles. The van der Waals surface area contributed by atoms with Crippen LogP contribution >= 0.6 is 0 Å². The molecule has 0 aromatic heterocycles. The second-order valence-corrected chi connectivity index (χ2v) is 5.50. The third kappa shape index (κ3) is 3.19. The summed E-state index contributed by atoms with van der Waals surface area (Å²) in [7, 11) is 1.83. The van der Waals surface area contributed by atoms with E-state index in [1.165, 1.54) is 32.1 Å². The van der Waals surface area contributed by atoms with Crippen molar-refractivity contribution >= 4 is 0 Å². The summed E-state index contributed by atoms with van der Waals surface area (Å²) in [5, 5.41) is 3.66. The van der Waals surface area contributed by atoms with E-state index in [2.05, 4.69) is 12.2 Å². The highest BCUT2D eigenvalue weighted by Gasteiger charge is 2.31. The lowest BCUT2D eigenvalue weighted by atomic mass is 9.92. The van der Waals surface area contributed by atoms with Gasteiger partial charge in [-0.25, -0.2) is 0 Å². The molecule has 3 unspecified atom stereocenters. The zero-order valence-electron chi connectivity index (χ0n) is 10.6. The van der Waals surface area contributed by atoms with E-state index in [0.29, 0.717) is 12.1 Å². The van der Waals surface area contributed by atoms with Crippen LogP contribution in [-0.4, -0.2) is 38.0 Å². The Morgan fingerprint density at radius 1 is 1.38 bits per heavy atom. The Morgan fingerprint density at radius 2 is 2.25 bits per heavy atom. The van der Waals surface area contributed by atoms with E-state index in [9.17, 15) is 0 Å². The molecule has 3 heteroatoms. The van der Waals surface area contributed by atoms with Crippen LogP contribution in [0.25, 0.3) is 0 Å². The minimum Gasteiger partial charge on any atom is -0.381 e. The molecule has 0 amide bonds. The predicted octanol–water partition coefficient (Wildman–Crippen LogP) is 2.10. The quantitative estimate of drug-likeness (QED) is 0.798. The summed E-state index contributed by atoms with van der Waals surface area (Å²) < 4.78 is 11.2. The fraction of sp³-hybridized carbons (Fsp3) is 1.00. The first kappa shape index (κ1) is 12.3. The minimum atomic E-state index is 0.0833. The van der Waals surface area contributed by atoms with Crippen LogP contribution in [0.4, 0.5) is 0 Å². The van der Waals surface area contributed by atoms with Crippen molar-refractivity contribution in [3.63, 3.8) is 0 Å². The zero-order chi connectivity index (χ0) is 11.4. The maximum atomic E-state index is 5.79. The Kier molecular flexibility index (Phi) is 4.22. The van der Waals surface area contributed by atoms with Crippen molar-refractivity contribution < 1.29 is 9.47 Å². The summed E-state index contributed by atoms with van der Waals surface area (Å²) in [5.41, 5.74) is 0.0833. The van der Waals surface area contributed by atoms with Gasteiger partial charge in [0.25, 0.3) is 0 Å². The van der Waals surface area contributed by atoms with E-state index in [1.54, 1.807) is 0 Å². The number of methoxy groups -OCH3 is 1. The average Bonchev–Trinajstić information content (AvgIpc) is 2.75. The van der Waals surface area contributed by atoms with E-state index < -0.39 is 0 Å². The number of hydrogen-bond donors (Lipinski definition) is 1. The summed E-state index contributed by atoms with van der Waals surface area (Å²) in [6.45, 7) is 4.15. The molecular formula is C13H25NO2. The van der Waals surface area contributed by atoms with Crippen LogP contribution in [0.3, 0.4) is 0 Å². The minimum absolute atomic E-state index is 0.0833. The number of rotatable bonds is 4. The van der Waals surface area contributed by atoms with Crippen molar-refractivity contribution in [1.29, 1.82) is 0 Å². The van der Waals surface area contributed by atoms with Crippen LogP contribution in [0.15, 0.2) is 0 Å². The summed E-state index contributed by atoms with van der Waals surface area (Å²) >= 11 is 0. The van der Waals surface area contributed by atoms with Gasteiger partial charge >= 0.3 is 0 Å². The molecule has 0 radical (unpaired) electrons. The maximum Gasteiger partial charge on any atom is 0.0779 e. The van der Waals surface area contributed by atoms with Crippen LogP contribution < -0.4 is 5.32 Å². The van der Waals surface area contributed by atoms with Crippen LogP contribution in [-0.2, 0) is 9.47 Å². The van der Waals surface area contributed by atoms with Gasteiger partial charge < -0.3 is 14.8 Å². The highest BCUT2D eigenvalue weighted by molar-refractivity contribution is 4.86. The fourth-order valence-corrected chi connectivity index (χ4v) is 2.88. The van der Waals surface area contributed by atoms with Crippen molar-refractivity contribution in [2.24, 2.45) is 0 Å². The first-order valence-corrected chi connectivity index (χ1v) is 6.62. The first-order chi connectivity index (χ1) is 7.72. The van der Waals surface area contributed by atoms with Crippen molar-refractivity contribution in [3.05, 3.63) is 0 Å². The second-order valence-electron chi connectivity index (χ2n) is 5.50. The molecule has 94 valence electrons. The molecule has 0 spiro atoms. The van der Waals surface area contributed by atoms with Crippen LogP contribution in [0.5, 0.6) is 0 Å². The van der Waals surface area contributed by atoms with Crippen LogP contribution in [0.2, 0.25) is 0 Å². The van der Waals surface area contributed by atoms with Gasteiger partial charge in [0.05, 0.1) is 11.7 Å². The fourth-order valence-electron chi connectivity index (χ4n) is 2.88. The average molecular weight is 227 g/mol. The third-order valence-corrected chi connectivity index (χ3v) is 4.02. The molecule has 0 bridgehead atoms. The molecule has 2 aliphatic rings. The van der Waals surface area contributed by atoms with Gasteiger partial charge in [-0.3, -0.25) is 0 Å². The molecule has 3 atom stereocenters. The van der Waals surface area contributed by atoms with Crippen LogP contribution in [0, 0.1) is 0 Å². The molecule has 1 N–H and O–H groups in total. The molecule has 1 aliphatic carbocycles. The van der Waals surface area contributed by atoms with Gasteiger partial charge in [0.1, 0.15) is 0 Å².